The van der Waals surface area contributed by atoms with Crippen LogP contribution in [0.5, 0.6) is 0 Å². The number of rotatable bonds is 4. The molecular formula is C20H16F4N4O2S. The highest BCUT2D eigenvalue weighted by molar-refractivity contribution is 7.90. The largest absolute Gasteiger partial charge is 0.419 e. The van der Waals surface area contributed by atoms with Crippen LogP contribution in [-0.2, 0) is 22.4 Å². The summed E-state index contributed by atoms with van der Waals surface area (Å²) in [4.78, 5) is 10.6. The number of benzene rings is 2. The first-order valence-corrected chi connectivity index (χ1v) is 11.0. The van der Waals surface area contributed by atoms with Gasteiger partial charge in [-0.15, -0.1) is 0 Å². The fraction of sp³-hybridized carbons (Fsp3) is 0.200. The zero-order chi connectivity index (χ0) is 22.4. The van der Waals surface area contributed by atoms with Crippen molar-refractivity contribution >= 4 is 33.0 Å². The van der Waals surface area contributed by atoms with Gasteiger partial charge in [0.05, 0.1) is 10.5 Å². The Bertz CT molecular complexity index is 1250. The topological polar surface area (TPSA) is 75.2 Å². The molecule has 4 rings (SSSR count). The Balaban J connectivity index is 1.62. The van der Waals surface area contributed by atoms with E-state index in [9.17, 15) is 26.0 Å². The number of alkyl halides is 3. The quantitative estimate of drug-likeness (QED) is 0.589. The second kappa shape index (κ2) is 7.49. The summed E-state index contributed by atoms with van der Waals surface area (Å²) in [6.07, 6.45) is -1.48. The highest BCUT2D eigenvalue weighted by atomic mass is 32.2. The van der Waals surface area contributed by atoms with Gasteiger partial charge in [-0.25, -0.2) is 17.8 Å². The number of nitrogens with zero attached hydrogens (tertiary/aromatic N) is 3. The molecule has 162 valence electrons. The maximum Gasteiger partial charge on any atom is 0.419 e. The number of anilines is 4. The van der Waals surface area contributed by atoms with Gasteiger partial charge in [-0.2, -0.15) is 18.2 Å². The molecule has 31 heavy (non-hydrogen) atoms. The van der Waals surface area contributed by atoms with Crippen LogP contribution < -0.4 is 10.2 Å². The lowest BCUT2D eigenvalue weighted by Gasteiger charge is -2.19. The smallest absolute Gasteiger partial charge is 0.326 e. The Morgan fingerprint density at radius 3 is 2.45 bits per heavy atom. The molecule has 1 aliphatic rings. The first-order valence-electron chi connectivity index (χ1n) is 9.10. The van der Waals surface area contributed by atoms with Crippen LogP contribution in [0, 0.1) is 5.82 Å². The summed E-state index contributed by atoms with van der Waals surface area (Å²) in [5.41, 5.74) is 0.173. The third-order valence-electron chi connectivity index (χ3n) is 4.81. The van der Waals surface area contributed by atoms with Crippen LogP contribution in [-0.4, -0.2) is 31.2 Å². The lowest BCUT2D eigenvalue weighted by atomic mass is 10.2. The van der Waals surface area contributed by atoms with Crippen LogP contribution in [0.1, 0.15) is 11.1 Å². The van der Waals surface area contributed by atoms with Crippen LogP contribution in [0.2, 0.25) is 0 Å². The van der Waals surface area contributed by atoms with Crippen LogP contribution in [0.4, 0.5) is 40.7 Å². The minimum absolute atomic E-state index is 0.00396. The Labute approximate surface area is 175 Å². The number of hydrogen-bond acceptors (Lipinski definition) is 6. The molecule has 0 saturated carbocycles. The molecule has 3 aromatic rings. The number of aromatic nitrogens is 2. The van der Waals surface area contributed by atoms with Gasteiger partial charge in [0.1, 0.15) is 11.6 Å². The van der Waals surface area contributed by atoms with Crippen molar-refractivity contribution in [2.45, 2.75) is 17.5 Å². The maximum absolute atomic E-state index is 13.5. The van der Waals surface area contributed by atoms with E-state index < -0.39 is 27.4 Å². The van der Waals surface area contributed by atoms with Crippen molar-refractivity contribution in [3.05, 3.63) is 65.6 Å². The molecule has 6 nitrogen and oxygen atoms in total. The lowest BCUT2D eigenvalue weighted by Crippen LogP contribution is -2.15. The van der Waals surface area contributed by atoms with Gasteiger partial charge in [-0.1, -0.05) is 0 Å². The van der Waals surface area contributed by atoms with Crippen LogP contribution >= 0.6 is 0 Å². The van der Waals surface area contributed by atoms with Crippen molar-refractivity contribution in [3.63, 3.8) is 0 Å². The molecule has 11 heteroatoms. The van der Waals surface area contributed by atoms with E-state index in [0.717, 1.165) is 23.6 Å². The van der Waals surface area contributed by atoms with Crippen molar-refractivity contribution in [1.29, 1.82) is 0 Å². The molecule has 0 saturated heterocycles. The predicted octanol–water partition coefficient (Wildman–Crippen LogP) is 4.48. The molecule has 0 spiro atoms. The summed E-state index contributed by atoms with van der Waals surface area (Å²) >= 11 is 0. The van der Waals surface area contributed by atoms with E-state index in [-0.39, 0.29) is 16.5 Å². The summed E-state index contributed by atoms with van der Waals surface area (Å²) in [7, 11) is -3.32. The Morgan fingerprint density at radius 1 is 1.10 bits per heavy atom. The van der Waals surface area contributed by atoms with Gasteiger partial charge in [0.2, 0.25) is 5.95 Å². The predicted molar refractivity (Wildman–Crippen MR) is 107 cm³/mol. The van der Waals surface area contributed by atoms with Gasteiger partial charge in [0.15, 0.2) is 9.84 Å². The maximum atomic E-state index is 13.5. The van der Waals surface area contributed by atoms with Crippen molar-refractivity contribution < 1.29 is 26.0 Å². The second-order valence-electron chi connectivity index (χ2n) is 7.03. The van der Waals surface area contributed by atoms with Crippen molar-refractivity contribution in [2.24, 2.45) is 0 Å². The minimum atomic E-state index is -4.82. The SMILES string of the molecule is CS(=O)(=O)c1ccc(N2CCc3cnc(Nc4ccc(F)c(C(F)(F)F)c4)nc32)cc1. The highest BCUT2D eigenvalue weighted by Gasteiger charge is 2.34. The molecular weight excluding hydrogens is 436 g/mol. The van der Waals surface area contributed by atoms with E-state index in [0.29, 0.717) is 24.8 Å². The van der Waals surface area contributed by atoms with E-state index in [1.807, 2.05) is 4.90 Å². The van der Waals surface area contributed by atoms with Crippen LogP contribution in [0.25, 0.3) is 0 Å². The molecule has 1 aliphatic heterocycles. The van der Waals surface area contributed by atoms with Crippen molar-refractivity contribution in [3.8, 4) is 0 Å². The molecule has 0 amide bonds. The van der Waals surface area contributed by atoms with E-state index in [1.54, 1.807) is 18.3 Å². The van der Waals surface area contributed by atoms with E-state index in [4.69, 9.17) is 0 Å². The summed E-state index contributed by atoms with van der Waals surface area (Å²) in [5, 5.41) is 2.68. The van der Waals surface area contributed by atoms with E-state index in [2.05, 4.69) is 15.3 Å². The Kier molecular flexibility index (Phi) is 5.08. The number of hydrogen-bond donors (Lipinski definition) is 1. The van der Waals surface area contributed by atoms with Crippen molar-refractivity contribution in [2.75, 3.05) is 23.0 Å². The second-order valence-corrected chi connectivity index (χ2v) is 9.04. The monoisotopic (exact) mass is 452 g/mol. The average Bonchev–Trinajstić information content (AvgIpc) is 3.11. The lowest BCUT2D eigenvalue weighted by molar-refractivity contribution is -0.139. The number of nitrogens with one attached hydrogen (secondary N) is 1. The standard InChI is InChI=1S/C20H16F4N4O2S/c1-31(29,30)15-5-3-14(4-6-15)28-9-8-12-11-25-19(27-18(12)28)26-13-2-7-17(21)16(10-13)20(22,23)24/h2-7,10-11H,8-9H2,1H3,(H,25,26,27). The van der Waals surface area contributed by atoms with Gasteiger partial charge >= 0.3 is 6.18 Å². The molecule has 0 bridgehead atoms. The summed E-state index contributed by atoms with van der Waals surface area (Å²) < 4.78 is 75.6. The first kappa shape index (κ1) is 21.0. The summed E-state index contributed by atoms with van der Waals surface area (Å²) in [6, 6.07) is 8.89. The van der Waals surface area contributed by atoms with Gasteiger partial charge in [-0.3, -0.25) is 0 Å². The third kappa shape index (κ3) is 4.31. The zero-order valence-corrected chi connectivity index (χ0v) is 16.9. The van der Waals surface area contributed by atoms with Gasteiger partial charge < -0.3 is 10.2 Å². The van der Waals surface area contributed by atoms with Gasteiger partial charge in [0.25, 0.3) is 0 Å². The summed E-state index contributed by atoms with van der Waals surface area (Å²) in [6.45, 7) is 0.584. The van der Waals surface area contributed by atoms with Crippen LogP contribution in [0.3, 0.4) is 0 Å². The minimum Gasteiger partial charge on any atom is -0.326 e. The molecule has 0 fully saturated rings. The number of sulfone groups is 1. The number of fused-ring (bicyclic) bond motifs is 1. The third-order valence-corrected chi connectivity index (χ3v) is 5.94. The van der Waals surface area contributed by atoms with Gasteiger partial charge in [0, 0.05) is 35.9 Å². The summed E-state index contributed by atoms with van der Waals surface area (Å²) in [5.74, 6) is -0.752. The fourth-order valence-corrected chi connectivity index (χ4v) is 3.91. The number of halogens is 4. The molecule has 2 heterocycles. The van der Waals surface area contributed by atoms with Crippen molar-refractivity contribution in [1.82, 2.24) is 9.97 Å². The normalized spacial score (nSPS) is 13.9. The van der Waals surface area contributed by atoms with Gasteiger partial charge in [-0.05, 0) is 48.9 Å². The highest BCUT2D eigenvalue weighted by Crippen LogP contribution is 2.35. The Hall–Kier alpha value is -3.21. The first-order chi connectivity index (χ1) is 14.5. The molecule has 1 aromatic heterocycles. The molecule has 1 N–H and O–H groups in total. The zero-order valence-electron chi connectivity index (χ0n) is 16.1. The van der Waals surface area contributed by atoms with E-state index in [1.165, 1.54) is 18.2 Å². The van der Waals surface area contributed by atoms with E-state index >= 15 is 0 Å². The molecule has 2 aromatic carbocycles. The average molecular weight is 452 g/mol. The fourth-order valence-electron chi connectivity index (χ4n) is 3.28. The molecule has 0 aliphatic carbocycles. The van der Waals surface area contributed by atoms with Crippen LogP contribution in [0.15, 0.2) is 53.6 Å². The molecule has 0 unspecified atom stereocenters. The molecule has 0 atom stereocenters. The molecule has 0 radical (unpaired) electrons. The Morgan fingerprint density at radius 2 is 1.81 bits per heavy atom.